The molecule has 1 unspecified atom stereocenters. The summed E-state index contributed by atoms with van der Waals surface area (Å²) in [6.07, 6.45) is 0. The van der Waals surface area contributed by atoms with Crippen molar-refractivity contribution in [2.75, 3.05) is 6.54 Å². The summed E-state index contributed by atoms with van der Waals surface area (Å²) in [4.78, 5) is 0. The van der Waals surface area contributed by atoms with Gasteiger partial charge in [-0.05, 0) is 44.7 Å². The van der Waals surface area contributed by atoms with Crippen LogP contribution in [0.1, 0.15) is 36.8 Å². The number of ether oxygens (including phenoxy) is 1. The Balaban J connectivity index is 2.17. The highest BCUT2D eigenvalue weighted by Crippen LogP contribution is 2.29. The molecule has 1 aromatic heterocycles. The average Bonchev–Trinajstić information content (AvgIpc) is 2.76. The van der Waals surface area contributed by atoms with Crippen LogP contribution in [0.3, 0.4) is 0 Å². The van der Waals surface area contributed by atoms with Crippen LogP contribution in [0.4, 0.5) is 0 Å². The van der Waals surface area contributed by atoms with Crippen molar-refractivity contribution < 1.29 is 4.74 Å². The molecule has 2 rings (SSSR count). The smallest absolute Gasteiger partial charge is 0.130 e. The van der Waals surface area contributed by atoms with Crippen LogP contribution in [0.2, 0.25) is 5.02 Å². The van der Waals surface area contributed by atoms with Gasteiger partial charge in [0.05, 0.1) is 11.4 Å². The second-order valence-electron chi connectivity index (χ2n) is 5.15. The van der Waals surface area contributed by atoms with E-state index in [-0.39, 0.29) is 6.04 Å². The first-order valence-electron chi connectivity index (χ1n) is 7.16. The molecular formula is C16H22ClN3O. The number of rotatable bonds is 6. The van der Waals surface area contributed by atoms with Gasteiger partial charge in [-0.2, -0.15) is 5.10 Å². The molecule has 2 aromatic rings. The summed E-state index contributed by atoms with van der Waals surface area (Å²) in [6, 6.07) is 7.96. The minimum absolute atomic E-state index is 0.192. The predicted molar refractivity (Wildman–Crippen MR) is 85.8 cm³/mol. The van der Waals surface area contributed by atoms with Crippen molar-refractivity contribution in [2.45, 2.75) is 33.4 Å². The summed E-state index contributed by atoms with van der Waals surface area (Å²) in [5, 5.41) is 8.44. The average molecular weight is 308 g/mol. The zero-order valence-electron chi connectivity index (χ0n) is 13.0. The number of aryl methyl sites for hydroxylation is 2. The minimum atomic E-state index is 0.192. The molecule has 0 amide bonds. The molecule has 0 aliphatic rings. The SMILES string of the molecule is CCNC(C)c1cc(Cl)ccc1OCc1cc(C)nn1C. The molecule has 0 radical (unpaired) electrons. The van der Waals surface area contributed by atoms with E-state index in [4.69, 9.17) is 16.3 Å². The molecule has 114 valence electrons. The van der Waals surface area contributed by atoms with Crippen LogP contribution >= 0.6 is 11.6 Å². The van der Waals surface area contributed by atoms with E-state index >= 15 is 0 Å². The maximum atomic E-state index is 6.11. The van der Waals surface area contributed by atoms with E-state index in [0.717, 1.165) is 34.3 Å². The Morgan fingerprint density at radius 1 is 1.38 bits per heavy atom. The maximum Gasteiger partial charge on any atom is 0.130 e. The Hall–Kier alpha value is -1.52. The molecule has 0 bridgehead atoms. The number of halogens is 1. The fourth-order valence-corrected chi connectivity index (χ4v) is 2.54. The second kappa shape index (κ2) is 6.96. The van der Waals surface area contributed by atoms with Gasteiger partial charge in [-0.3, -0.25) is 4.68 Å². The monoisotopic (exact) mass is 307 g/mol. The van der Waals surface area contributed by atoms with Gasteiger partial charge in [-0.1, -0.05) is 18.5 Å². The van der Waals surface area contributed by atoms with Crippen molar-refractivity contribution >= 4 is 11.6 Å². The molecule has 4 nitrogen and oxygen atoms in total. The second-order valence-corrected chi connectivity index (χ2v) is 5.59. The van der Waals surface area contributed by atoms with Crippen LogP contribution < -0.4 is 10.1 Å². The molecule has 1 atom stereocenters. The van der Waals surface area contributed by atoms with Crippen molar-refractivity contribution in [1.29, 1.82) is 0 Å². The van der Waals surface area contributed by atoms with Gasteiger partial charge in [0.15, 0.2) is 0 Å². The third-order valence-electron chi connectivity index (χ3n) is 3.42. The van der Waals surface area contributed by atoms with Crippen LogP contribution in [0.15, 0.2) is 24.3 Å². The molecule has 0 saturated carbocycles. The van der Waals surface area contributed by atoms with Crippen molar-refractivity contribution in [3.63, 3.8) is 0 Å². The summed E-state index contributed by atoms with van der Waals surface area (Å²) in [5.41, 5.74) is 3.11. The third-order valence-corrected chi connectivity index (χ3v) is 3.66. The lowest BCUT2D eigenvalue weighted by Gasteiger charge is -2.18. The predicted octanol–water partition coefficient (Wildman–Crippen LogP) is 3.63. The van der Waals surface area contributed by atoms with E-state index in [2.05, 4.69) is 24.3 Å². The molecule has 1 N–H and O–H groups in total. The Morgan fingerprint density at radius 3 is 2.76 bits per heavy atom. The number of hydrogen-bond acceptors (Lipinski definition) is 3. The zero-order chi connectivity index (χ0) is 15.4. The highest BCUT2D eigenvalue weighted by molar-refractivity contribution is 6.30. The summed E-state index contributed by atoms with van der Waals surface area (Å²) >= 11 is 6.11. The normalized spacial score (nSPS) is 12.4. The lowest BCUT2D eigenvalue weighted by molar-refractivity contribution is 0.289. The molecule has 0 spiro atoms. The summed E-state index contributed by atoms with van der Waals surface area (Å²) < 4.78 is 7.83. The number of benzene rings is 1. The van der Waals surface area contributed by atoms with Crippen LogP contribution in [-0.4, -0.2) is 16.3 Å². The first-order chi connectivity index (χ1) is 10.0. The Morgan fingerprint density at radius 2 is 2.14 bits per heavy atom. The molecule has 0 aliphatic heterocycles. The minimum Gasteiger partial charge on any atom is -0.487 e. The van der Waals surface area contributed by atoms with Gasteiger partial charge < -0.3 is 10.1 Å². The van der Waals surface area contributed by atoms with E-state index in [1.807, 2.05) is 42.9 Å². The molecule has 0 fully saturated rings. The topological polar surface area (TPSA) is 39.1 Å². The summed E-state index contributed by atoms with van der Waals surface area (Å²) in [7, 11) is 1.93. The number of nitrogens with zero attached hydrogens (tertiary/aromatic N) is 2. The third kappa shape index (κ3) is 3.99. The van der Waals surface area contributed by atoms with Gasteiger partial charge in [-0.15, -0.1) is 0 Å². The van der Waals surface area contributed by atoms with Crippen molar-refractivity contribution in [3.05, 3.63) is 46.2 Å². The Labute approximate surface area is 131 Å². The first kappa shape index (κ1) is 15.9. The lowest BCUT2D eigenvalue weighted by Crippen LogP contribution is -2.18. The maximum absolute atomic E-state index is 6.11. The van der Waals surface area contributed by atoms with E-state index in [1.54, 1.807) is 0 Å². The van der Waals surface area contributed by atoms with Gasteiger partial charge in [0.1, 0.15) is 12.4 Å². The quantitative estimate of drug-likeness (QED) is 0.885. The van der Waals surface area contributed by atoms with Gasteiger partial charge in [0.2, 0.25) is 0 Å². The van der Waals surface area contributed by atoms with E-state index in [0.29, 0.717) is 6.61 Å². The number of nitrogens with one attached hydrogen (secondary N) is 1. The van der Waals surface area contributed by atoms with Crippen molar-refractivity contribution in [1.82, 2.24) is 15.1 Å². The molecule has 1 aromatic carbocycles. The van der Waals surface area contributed by atoms with Crippen LogP contribution in [0.5, 0.6) is 5.75 Å². The first-order valence-corrected chi connectivity index (χ1v) is 7.54. The lowest BCUT2D eigenvalue weighted by atomic mass is 10.1. The van der Waals surface area contributed by atoms with Gasteiger partial charge in [0.25, 0.3) is 0 Å². The molecular weight excluding hydrogens is 286 g/mol. The highest BCUT2D eigenvalue weighted by Gasteiger charge is 2.12. The molecule has 5 heteroatoms. The van der Waals surface area contributed by atoms with Crippen molar-refractivity contribution in [2.24, 2.45) is 7.05 Å². The zero-order valence-corrected chi connectivity index (χ0v) is 13.7. The molecule has 1 heterocycles. The standard InChI is InChI=1S/C16H22ClN3O/c1-5-18-12(3)15-9-13(17)6-7-16(15)21-10-14-8-11(2)19-20(14)4/h6-9,12,18H,5,10H2,1-4H3. The van der Waals surface area contributed by atoms with Crippen LogP contribution in [0, 0.1) is 6.92 Å². The highest BCUT2D eigenvalue weighted by atomic mass is 35.5. The summed E-state index contributed by atoms with van der Waals surface area (Å²) in [6.45, 7) is 7.56. The van der Waals surface area contributed by atoms with Gasteiger partial charge in [-0.25, -0.2) is 0 Å². The number of hydrogen-bond donors (Lipinski definition) is 1. The largest absolute Gasteiger partial charge is 0.487 e. The van der Waals surface area contributed by atoms with Gasteiger partial charge in [0, 0.05) is 23.7 Å². The fraction of sp³-hybridized carbons (Fsp3) is 0.438. The molecule has 21 heavy (non-hydrogen) atoms. The van der Waals surface area contributed by atoms with Crippen LogP contribution in [0.25, 0.3) is 0 Å². The van der Waals surface area contributed by atoms with E-state index < -0.39 is 0 Å². The van der Waals surface area contributed by atoms with Crippen LogP contribution in [-0.2, 0) is 13.7 Å². The number of aromatic nitrogens is 2. The molecule has 0 aliphatic carbocycles. The molecule has 0 saturated heterocycles. The fourth-order valence-electron chi connectivity index (χ4n) is 2.36. The van der Waals surface area contributed by atoms with Gasteiger partial charge >= 0.3 is 0 Å². The summed E-state index contributed by atoms with van der Waals surface area (Å²) in [5.74, 6) is 0.853. The Kier molecular flexibility index (Phi) is 5.26. The Bertz CT molecular complexity index is 610. The van der Waals surface area contributed by atoms with E-state index in [9.17, 15) is 0 Å². The van der Waals surface area contributed by atoms with Crippen molar-refractivity contribution in [3.8, 4) is 5.75 Å². The van der Waals surface area contributed by atoms with E-state index in [1.165, 1.54) is 0 Å².